The summed E-state index contributed by atoms with van der Waals surface area (Å²) in [6.45, 7) is 36.3. The fraction of sp³-hybridized carbons (Fsp3) is 0.992. The van der Waals surface area contributed by atoms with Crippen LogP contribution in [0.4, 0.5) is 0 Å². The second kappa shape index (κ2) is 88.5. The summed E-state index contributed by atoms with van der Waals surface area (Å²) in [5.41, 5.74) is 16.1. The third-order valence-electron chi connectivity index (χ3n) is 39.0. The van der Waals surface area contributed by atoms with Crippen LogP contribution in [0, 0.1) is 35.5 Å². The number of fused-ring (bicyclic) bond motifs is 3. The molecule has 0 aliphatic heterocycles. The van der Waals surface area contributed by atoms with E-state index in [4.69, 9.17) is 17.2 Å². The molecule has 15 fully saturated rings. The van der Waals surface area contributed by atoms with E-state index in [0.29, 0.717) is 19.6 Å². The first-order chi connectivity index (χ1) is 72.6. The summed E-state index contributed by atoms with van der Waals surface area (Å²) in [5.74, 6) is 6.45. The number of nitrogens with one attached hydrogen (secondary N) is 12. The fourth-order valence-corrected chi connectivity index (χ4v) is 29.9. The molecular formula is C128H260N20O. The summed E-state index contributed by atoms with van der Waals surface area (Å²) in [5, 5.41) is 47.2. The monoisotopic (exact) mass is 2090 g/mol. The molecule has 21 heteroatoms. The van der Waals surface area contributed by atoms with Crippen LogP contribution in [0.25, 0.3) is 0 Å². The highest BCUT2D eigenvalue weighted by Gasteiger charge is 2.36. The van der Waals surface area contributed by atoms with E-state index in [2.05, 4.69) is 88.3 Å². The number of ketones is 1. The summed E-state index contributed by atoms with van der Waals surface area (Å²) in [4.78, 5) is 22.6. The minimum Gasteiger partial charge on any atom is -0.329 e. The SMILES string of the molecule is C.C.C1CCC(NCCN(CCNC2CCCCC2)CCNC2CCCCC2)CC1.C1CCC2CC(NCCN(CCNC3CCC4CCCCC4C3)CCNC3CCC4CCCCC4C3)CCC2C1.C1CCCC(NCCN(CCNC2CCCCCC2)CCNC2CCCCCC2)CC1.C1CCCC(NCCN(CCNC2CCCCCCC2)CCNC2CCCCCCC2)CCC1.CC(C)=O.NCCN(CCN)CCN. The van der Waals surface area contributed by atoms with Crippen molar-refractivity contribution in [2.24, 2.45) is 52.7 Å². The zero-order valence-corrected chi connectivity index (χ0v) is 97.5. The normalized spacial score (nSPS) is 26.4. The Morgan fingerprint density at radius 3 is 0.423 bits per heavy atom. The number of nitrogens with two attached hydrogens (primary N) is 3. The average Bonchev–Trinajstić information content (AvgIpc) is 0.982. The van der Waals surface area contributed by atoms with E-state index in [-0.39, 0.29) is 20.6 Å². The second-order valence-electron chi connectivity index (χ2n) is 51.1. The Kier molecular flexibility index (Phi) is 79.0. The van der Waals surface area contributed by atoms with Crippen molar-refractivity contribution in [2.75, 3.05) is 196 Å². The Morgan fingerprint density at radius 1 is 0.161 bits per heavy atom. The molecule has 0 amide bonds. The van der Waals surface area contributed by atoms with Crippen LogP contribution in [0.5, 0.6) is 0 Å². The first-order valence-corrected chi connectivity index (χ1v) is 66.6. The highest BCUT2D eigenvalue weighted by Crippen LogP contribution is 2.44. The number of carbonyl (C=O) groups is 1. The van der Waals surface area contributed by atoms with Gasteiger partial charge in [-0.2, -0.15) is 0 Å². The summed E-state index contributed by atoms with van der Waals surface area (Å²) in [6.07, 6.45) is 108. The number of Topliss-reactive ketones (excluding diaryl/α,β-unsaturated/α-hetero) is 1. The number of rotatable bonds is 54. The van der Waals surface area contributed by atoms with Gasteiger partial charge in [-0.15, -0.1) is 0 Å². The van der Waals surface area contributed by atoms with E-state index in [1.165, 1.54) is 594 Å². The predicted molar refractivity (Wildman–Crippen MR) is 648 cm³/mol. The van der Waals surface area contributed by atoms with Crippen molar-refractivity contribution in [2.45, 2.75) is 583 Å². The van der Waals surface area contributed by atoms with Crippen molar-refractivity contribution in [3.63, 3.8) is 0 Å². The van der Waals surface area contributed by atoms with Crippen LogP contribution in [-0.2, 0) is 4.79 Å². The molecular weight excluding hydrogens is 1830 g/mol. The molecule has 18 N–H and O–H groups in total. The van der Waals surface area contributed by atoms with Crippen molar-refractivity contribution >= 4 is 5.78 Å². The molecule has 9 unspecified atom stereocenters. The molecule has 0 saturated heterocycles. The van der Waals surface area contributed by atoms with Gasteiger partial charge in [0.15, 0.2) is 0 Å². The van der Waals surface area contributed by atoms with Gasteiger partial charge in [0.25, 0.3) is 0 Å². The van der Waals surface area contributed by atoms with Crippen LogP contribution in [0.3, 0.4) is 0 Å². The van der Waals surface area contributed by atoms with Gasteiger partial charge in [-0.25, -0.2) is 0 Å². The summed E-state index contributed by atoms with van der Waals surface area (Å²) in [7, 11) is 0. The molecule has 21 nitrogen and oxygen atoms in total. The maximum absolute atomic E-state index is 9.44. The first-order valence-electron chi connectivity index (χ1n) is 66.6. The standard InChI is InChI=1S/C36H66N4.C30H60N4.C27H54N4.C24H48N4.C6H18N4.C3H6O.2CH4/c1-4-10-31-25-34(16-13-28(31)7-1)37-19-22-40(23-20-38-35-17-14-29-8-2-5-11-32(29)26-35)24-21-39-36-18-15-30-9-3-6-12-33(30)27-36;1-4-10-16-28(17-11-5-1)31-22-25-34(26-23-32-29-18-12-6-2-7-13-19-29)27-24-33-30-20-14-8-3-9-15-21-30;1-2-8-14-25(13-7-1)28-19-22-31(23-20-29-26-15-9-3-4-10-16-26)24-21-30-27-17-11-5-6-12-18-27;1-4-10-22(11-5-1)25-16-19-28(20-17-26-23-12-6-2-7-13-23)21-18-27-24-14-8-3-9-15-24;7-1-4-10(5-2-8)6-3-9;1-3(2)4;;/h28-39H,1-27H2;28-33H,1-27H2;25-30H,1-24H2;22-27H,1-21H2;1-9H2;1-2H3;2*1H4. The molecule has 0 spiro atoms. The van der Waals surface area contributed by atoms with Crippen LogP contribution in [0.2, 0.25) is 0 Å². The van der Waals surface area contributed by atoms with Gasteiger partial charge in [-0.05, 0) is 223 Å². The van der Waals surface area contributed by atoms with Crippen LogP contribution >= 0.6 is 0 Å². The molecule has 15 saturated carbocycles. The quantitative estimate of drug-likeness (QED) is 0.0253. The lowest BCUT2D eigenvalue weighted by Crippen LogP contribution is -2.47. The molecule has 15 aliphatic carbocycles. The van der Waals surface area contributed by atoms with E-state index >= 15 is 0 Å². The third kappa shape index (κ3) is 63.2. The summed E-state index contributed by atoms with van der Waals surface area (Å²) < 4.78 is 0. The van der Waals surface area contributed by atoms with Gasteiger partial charge in [-0.1, -0.05) is 323 Å². The van der Waals surface area contributed by atoms with E-state index < -0.39 is 0 Å². The van der Waals surface area contributed by atoms with E-state index in [1.807, 2.05) is 0 Å². The maximum Gasteiger partial charge on any atom is 0.126 e. The van der Waals surface area contributed by atoms with Crippen molar-refractivity contribution in [3.8, 4) is 0 Å². The van der Waals surface area contributed by atoms with Gasteiger partial charge in [0.05, 0.1) is 0 Å². The molecule has 878 valence electrons. The average molecular weight is 2100 g/mol. The maximum atomic E-state index is 9.44. The Balaban J connectivity index is 0.000000232. The fourth-order valence-electron chi connectivity index (χ4n) is 29.9. The molecule has 0 bridgehead atoms. The number of hydrogen-bond donors (Lipinski definition) is 15. The third-order valence-corrected chi connectivity index (χ3v) is 39.0. The van der Waals surface area contributed by atoms with Crippen molar-refractivity contribution in [1.82, 2.24) is 88.3 Å². The van der Waals surface area contributed by atoms with Crippen LogP contribution in [0.1, 0.15) is 510 Å². The second-order valence-corrected chi connectivity index (χ2v) is 51.1. The van der Waals surface area contributed by atoms with Crippen LogP contribution in [0.15, 0.2) is 0 Å². The van der Waals surface area contributed by atoms with E-state index in [9.17, 15) is 4.79 Å². The minimum absolute atomic E-state index is 0. The lowest BCUT2D eigenvalue weighted by Gasteiger charge is -2.40. The summed E-state index contributed by atoms with van der Waals surface area (Å²) >= 11 is 0. The molecule has 0 heterocycles. The van der Waals surface area contributed by atoms with Gasteiger partial charge in [0.2, 0.25) is 0 Å². The smallest absolute Gasteiger partial charge is 0.126 e. The largest absolute Gasteiger partial charge is 0.329 e. The summed E-state index contributed by atoms with van der Waals surface area (Å²) in [6, 6.07) is 9.35. The van der Waals surface area contributed by atoms with E-state index in [0.717, 1.165) is 187 Å². The molecule has 0 radical (unpaired) electrons. The number of nitrogens with zero attached hydrogens (tertiary/aromatic N) is 5. The lowest BCUT2D eigenvalue weighted by molar-refractivity contribution is -0.115. The molecule has 0 aromatic carbocycles. The zero-order valence-electron chi connectivity index (χ0n) is 97.5. The van der Waals surface area contributed by atoms with Crippen LogP contribution in [-0.4, -0.2) is 299 Å². The molecule has 9 atom stereocenters. The number of carbonyl (C=O) groups excluding carboxylic acids is 1. The zero-order chi connectivity index (χ0) is 103. The Morgan fingerprint density at radius 2 is 0.275 bits per heavy atom. The van der Waals surface area contributed by atoms with Gasteiger partial charge in [-0.3, -0.25) is 24.5 Å². The van der Waals surface area contributed by atoms with Gasteiger partial charge < -0.3 is 85.8 Å². The molecule has 149 heavy (non-hydrogen) atoms. The Labute approximate surface area is 925 Å². The van der Waals surface area contributed by atoms with Crippen LogP contribution < -0.4 is 81.0 Å². The highest BCUT2D eigenvalue weighted by atomic mass is 16.1. The van der Waals surface area contributed by atoms with Gasteiger partial charge in [0.1, 0.15) is 5.78 Å². The van der Waals surface area contributed by atoms with Crippen molar-refractivity contribution < 1.29 is 4.79 Å². The molecule has 0 aromatic rings. The van der Waals surface area contributed by atoms with Crippen molar-refractivity contribution in [1.29, 1.82) is 0 Å². The Hall–Kier alpha value is -1.13. The van der Waals surface area contributed by atoms with E-state index in [1.54, 1.807) is 0 Å². The highest BCUT2D eigenvalue weighted by molar-refractivity contribution is 5.72. The molecule has 15 rings (SSSR count). The minimum atomic E-state index is 0. The number of hydrogen-bond acceptors (Lipinski definition) is 21. The van der Waals surface area contributed by atoms with Gasteiger partial charge in [0, 0.05) is 269 Å². The lowest BCUT2D eigenvalue weighted by atomic mass is 9.69. The molecule has 0 aromatic heterocycles. The predicted octanol–water partition coefficient (Wildman–Crippen LogP) is 22.8. The Bertz CT molecular complexity index is 2640. The molecule has 15 aliphatic rings. The topological polar surface area (TPSA) is 256 Å². The first kappa shape index (κ1) is 133. The van der Waals surface area contributed by atoms with Gasteiger partial charge >= 0.3 is 0 Å². The van der Waals surface area contributed by atoms with Crippen molar-refractivity contribution in [3.05, 3.63) is 0 Å².